The molecule has 0 unspecified atom stereocenters. The molecule has 1 aromatic heterocycles. The number of hydrogen-bond acceptors (Lipinski definition) is 4. The van der Waals surface area contributed by atoms with Crippen LogP contribution in [0, 0.1) is 6.92 Å². The third-order valence-electron chi connectivity index (χ3n) is 4.05. The summed E-state index contributed by atoms with van der Waals surface area (Å²) in [6.45, 7) is 1.77. The zero-order valence-electron chi connectivity index (χ0n) is 13.7. The van der Waals surface area contributed by atoms with Gasteiger partial charge >= 0.3 is 0 Å². The van der Waals surface area contributed by atoms with Crippen molar-refractivity contribution in [1.82, 2.24) is 9.97 Å². The molecule has 2 N–H and O–H groups in total. The lowest BCUT2D eigenvalue weighted by molar-refractivity contribution is 1.04. The molecule has 0 radical (unpaired) electrons. The molecule has 122 valence electrons. The van der Waals surface area contributed by atoms with Gasteiger partial charge in [0.2, 0.25) is 5.95 Å². The predicted molar refractivity (Wildman–Crippen MR) is 102 cm³/mol. The minimum atomic E-state index is -0.208. The van der Waals surface area contributed by atoms with Gasteiger partial charge in [0, 0.05) is 17.3 Å². The summed E-state index contributed by atoms with van der Waals surface area (Å²) in [5, 5.41) is 8.85. The highest BCUT2D eigenvalue weighted by molar-refractivity contribution is 6.13. The van der Waals surface area contributed by atoms with Crippen molar-refractivity contribution in [2.75, 3.05) is 5.43 Å². The van der Waals surface area contributed by atoms with Crippen molar-refractivity contribution in [3.05, 3.63) is 82.3 Å². The molecule has 5 nitrogen and oxygen atoms in total. The number of hydrogen-bond donors (Lipinski definition) is 2. The van der Waals surface area contributed by atoms with Gasteiger partial charge in [-0.3, -0.25) is 9.78 Å². The highest BCUT2D eigenvalue weighted by Gasteiger charge is 2.05. The van der Waals surface area contributed by atoms with Crippen molar-refractivity contribution >= 4 is 33.7 Å². The first kappa shape index (κ1) is 15.1. The van der Waals surface area contributed by atoms with Gasteiger partial charge in [-0.05, 0) is 34.5 Å². The number of anilines is 1. The number of hydrazone groups is 1. The van der Waals surface area contributed by atoms with Crippen molar-refractivity contribution in [2.24, 2.45) is 5.10 Å². The zero-order chi connectivity index (χ0) is 17.2. The van der Waals surface area contributed by atoms with E-state index in [0.717, 1.165) is 27.1 Å². The van der Waals surface area contributed by atoms with Crippen LogP contribution in [-0.4, -0.2) is 16.2 Å². The minimum absolute atomic E-state index is 0.208. The molecule has 1 heterocycles. The number of benzene rings is 3. The standard InChI is InChI=1S/C20H16N4O/c1-13-10-19(25)23-20(22-13)24-21-12-18-16-8-4-2-6-14(16)11-15-7-3-5-9-17(15)18/h2-12H,1H3,(H2,22,23,24,25)/b21-12-. The molecule has 4 rings (SSSR count). The molecular formula is C20H16N4O. The topological polar surface area (TPSA) is 70.1 Å². The molecule has 0 saturated heterocycles. The van der Waals surface area contributed by atoms with Gasteiger partial charge in [-0.2, -0.15) is 5.10 Å². The number of aromatic amines is 1. The van der Waals surface area contributed by atoms with E-state index < -0.39 is 0 Å². The van der Waals surface area contributed by atoms with Crippen molar-refractivity contribution < 1.29 is 0 Å². The fraction of sp³-hybridized carbons (Fsp3) is 0.0500. The fourth-order valence-corrected chi connectivity index (χ4v) is 2.98. The van der Waals surface area contributed by atoms with Crippen molar-refractivity contribution in [1.29, 1.82) is 0 Å². The van der Waals surface area contributed by atoms with Crippen molar-refractivity contribution in [3.8, 4) is 0 Å². The smallest absolute Gasteiger partial charge is 0.252 e. The van der Waals surface area contributed by atoms with Crippen LogP contribution in [-0.2, 0) is 0 Å². The van der Waals surface area contributed by atoms with Crippen LogP contribution < -0.4 is 11.0 Å². The van der Waals surface area contributed by atoms with Crippen LogP contribution in [0.1, 0.15) is 11.3 Å². The lowest BCUT2D eigenvalue weighted by Gasteiger charge is -2.08. The lowest BCUT2D eigenvalue weighted by Crippen LogP contribution is -2.10. The predicted octanol–water partition coefficient (Wildman–Crippen LogP) is 3.83. The zero-order valence-corrected chi connectivity index (χ0v) is 13.7. The lowest BCUT2D eigenvalue weighted by atomic mass is 9.97. The monoisotopic (exact) mass is 328 g/mol. The Labute approximate surface area is 144 Å². The van der Waals surface area contributed by atoms with Gasteiger partial charge in [0.05, 0.1) is 6.21 Å². The maximum absolute atomic E-state index is 11.5. The SMILES string of the molecule is Cc1cc(=O)[nH]c(N/N=C\c2c3ccccc3cc3ccccc23)n1. The molecular weight excluding hydrogens is 312 g/mol. The van der Waals surface area contributed by atoms with E-state index in [1.54, 1.807) is 13.1 Å². The third-order valence-corrected chi connectivity index (χ3v) is 4.05. The summed E-state index contributed by atoms with van der Waals surface area (Å²) in [5.41, 5.74) is 4.26. The van der Waals surface area contributed by atoms with Gasteiger partial charge in [0.15, 0.2) is 0 Å². The van der Waals surface area contributed by atoms with E-state index in [2.05, 4.69) is 50.8 Å². The Morgan fingerprint density at radius 2 is 1.64 bits per heavy atom. The molecule has 5 heteroatoms. The van der Waals surface area contributed by atoms with Crippen molar-refractivity contribution in [2.45, 2.75) is 6.92 Å². The molecule has 25 heavy (non-hydrogen) atoms. The van der Waals surface area contributed by atoms with Crippen LogP contribution in [0.15, 0.2) is 70.6 Å². The number of H-pyrrole nitrogens is 1. The molecule has 0 aliphatic heterocycles. The van der Waals surface area contributed by atoms with E-state index in [1.807, 2.05) is 24.3 Å². The van der Waals surface area contributed by atoms with Crippen LogP contribution in [0.5, 0.6) is 0 Å². The minimum Gasteiger partial charge on any atom is -0.291 e. The number of fused-ring (bicyclic) bond motifs is 2. The Bertz CT molecular complexity index is 1110. The Balaban J connectivity index is 1.80. The van der Waals surface area contributed by atoms with Gasteiger partial charge in [-0.15, -0.1) is 0 Å². The highest BCUT2D eigenvalue weighted by atomic mass is 16.1. The van der Waals surface area contributed by atoms with Crippen LogP contribution in [0.25, 0.3) is 21.5 Å². The summed E-state index contributed by atoms with van der Waals surface area (Å²) in [7, 11) is 0. The van der Waals surface area contributed by atoms with Gasteiger partial charge in [-0.25, -0.2) is 10.4 Å². The highest BCUT2D eigenvalue weighted by Crippen LogP contribution is 2.27. The molecule has 0 atom stereocenters. The first-order valence-electron chi connectivity index (χ1n) is 7.98. The third kappa shape index (κ3) is 2.99. The molecule has 0 aliphatic carbocycles. The molecule has 4 aromatic rings. The summed E-state index contributed by atoms with van der Waals surface area (Å²) in [6, 6.07) is 20.0. The quantitative estimate of drug-likeness (QED) is 0.341. The molecule has 0 saturated carbocycles. The number of aromatic nitrogens is 2. The van der Waals surface area contributed by atoms with E-state index in [-0.39, 0.29) is 5.56 Å². The van der Waals surface area contributed by atoms with Crippen LogP contribution in [0.4, 0.5) is 5.95 Å². The summed E-state index contributed by atoms with van der Waals surface area (Å²) < 4.78 is 0. The average molecular weight is 328 g/mol. The Kier molecular flexibility index (Phi) is 3.74. The molecule has 0 bridgehead atoms. The van der Waals surface area contributed by atoms with Crippen LogP contribution in [0.3, 0.4) is 0 Å². The summed E-state index contributed by atoms with van der Waals surface area (Å²) in [5.74, 6) is 0.325. The molecule has 3 aromatic carbocycles. The van der Waals surface area contributed by atoms with E-state index in [4.69, 9.17) is 0 Å². The second kappa shape index (κ2) is 6.20. The van der Waals surface area contributed by atoms with E-state index in [9.17, 15) is 4.79 Å². The normalized spacial score (nSPS) is 11.4. The first-order chi connectivity index (χ1) is 12.2. The maximum Gasteiger partial charge on any atom is 0.252 e. The maximum atomic E-state index is 11.5. The molecule has 0 amide bonds. The number of rotatable bonds is 3. The summed E-state index contributed by atoms with van der Waals surface area (Å²) >= 11 is 0. The molecule has 0 aliphatic rings. The van der Waals surface area contributed by atoms with E-state index >= 15 is 0 Å². The largest absolute Gasteiger partial charge is 0.291 e. The van der Waals surface area contributed by atoms with E-state index in [0.29, 0.717) is 11.6 Å². The Hall–Kier alpha value is -3.47. The number of nitrogens with one attached hydrogen (secondary N) is 2. The summed E-state index contributed by atoms with van der Waals surface area (Å²) in [6.07, 6.45) is 1.77. The van der Waals surface area contributed by atoms with Crippen LogP contribution >= 0.6 is 0 Å². The van der Waals surface area contributed by atoms with Crippen molar-refractivity contribution in [3.63, 3.8) is 0 Å². The Morgan fingerprint density at radius 1 is 1.00 bits per heavy atom. The second-order valence-corrected chi connectivity index (χ2v) is 5.84. The Morgan fingerprint density at radius 3 is 2.28 bits per heavy atom. The first-order valence-corrected chi connectivity index (χ1v) is 7.98. The van der Waals surface area contributed by atoms with Gasteiger partial charge in [-0.1, -0.05) is 48.5 Å². The second-order valence-electron chi connectivity index (χ2n) is 5.84. The van der Waals surface area contributed by atoms with Gasteiger partial charge in [0.25, 0.3) is 5.56 Å². The molecule has 0 spiro atoms. The van der Waals surface area contributed by atoms with E-state index in [1.165, 1.54) is 6.07 Å². The average Bonchev–Trinajstić information content (AvgIpc) is 2.60. The van der Waals surface area contributed by atoms with Crippen LogP contribution in [0.2, 0.25) is 0 Å². The number of nitrogens with zero attached hydrogens (tertiary/aromatic N) is 2. The van der Waals surface area contributed by atoms with Gasteiger partial charge < -0.3 is 0 Å². The summed E-state index contributed by atoms with van der Waals surface area (Å²) in [4.78, 5) is 18.3. The van der Waals surface area contributed by atoms with Gasteiger partial charge in [0.1, 0.15) is 0 Å². The molecule has 0 fully saturated rings. The fourth-order valence-electron chi connectivity index (χ4n) is 2.98. The number of aryl methyl sites for hydroxylation is 1.